The number of hydrogen-bond acceptors (Lipinski definition) is 1. The Morgan fingerprint density at radius 2 is 1.21 bits per heavy atom. The standard InChI is InChI=1S/C27H40O/c1-3-4-5-6-7-8-9-10-11-12-13-14-15-20-26(28)27-23(2)21-22-24-18-16-17-19-25(24)27/h16-19,21-22H,3-15,20H2,1-2H3. The first kappa shape index (κ1) is 22.7. The monoisotopic (exact) mass is 380 g/mol. The van der Waals surface area contributed by atoms with Crippen LogP contribution in [-0.2, 0) is 0 Å². The summed E-state index contributed by atoms with van der Waals surface area (Å²) >= 11 is 0. The van der Waals surface area contributed by atoms with Crippen LogP contribution in [0, 0.1) is 6.92 Å². The minimum absolute atomic E-state index is 0.317. The van der Waals surface area contributed by atoms with Gasteiger partial charge in [0.25, 0.3) is 0 Å². The van der Waals surface area contributed by atoms with Crippen molar-refractivity contribution in [2.75, 3.05) is 0 Å². The summed E-state index contributed by atoms with van der Waals surface area (Å²) in [5.41, 5.74) is 2.05. The van der Waals surface area contributed by atoms with Gasteiger partial charge in [-0.2, -0.15) is 0 Å². The van der Waals surface area contributed by atoms with E-state index < -0.39 is 0 Å². The van der Waals surface area contributed by atoms with E-state index in [9.17, 15) is 4.79 Å². The molecule has 0 fully saturated rings. The van der Waals surface area contributed by atoms with Gasteiger partial charge in [0.15, 0.2) is 5.78 Å². The molecule has 0 saturated heterocycles. The van der Waals surface area contributed by atoms with Gasteiger partial charge < -0.3 is 0 Å². The number of carbonyl (C=O) groups is 1. The number of fused-ring (bicyclic) bond motifs is 1. The van der Waals surface area contributed by atoms with E-state index in [1.807, 2.05) is 12.1 Å². The van der Waals surface area contributed by atoms with Gasteiger partial charge in [-0.3, -0.25) is 4.79 Å². The van der Waals surface area contributed by atoms with E-state index in [4.69, 9.17) is 0 Å². The van der Waals surface area contributed by atoms with Crippen LogP contribution < -0.4 is 0 Å². The Balaban J connectivity index is 1.56. The molecule has 0 aliphatic heterocycles. The molecule has 0 aliphatic carbocycles. The first-order chi connectivity index (χ1) is 13.7. The zero-order chi connectivity index (χ0) is 20.0. The Kier molecular flexibility index (Phi) is 10.9. The molecular weight excluding hydrogens is 340 g/mol. The van der Waals surface area contributed by atoms with Crippen molar-refractivity contribution < 1.29 is 4.79 Å². The van der Waals surface area contributed by atoms with Crippen molar-refractivity contribution in [3.05, 3.63) is 47.5 Å². The molecule has 28 heavy (non-hydrogen) atoms. The Morgan fingerprint density at radius 3 is 1.82 bits per heavy atom. The molecule has 1 nitrogen and oxygen atoms in total. The molecule has 1 heteroatoms. The maximum absolute atomic E-state index is 12.8. The molecule has 0 radical (unpaired) electrons. The third kappa shape index (κ3) is 7.78. The summed E-state index contributed by atoms with van der Waals surface area (Å²) in [6.45, 7) is 4.34. The molecule has 0 unspecified atom stereocenters. The number of hydrogen-bond donors (Lipinski definition) is 0. The molecule has 0 saturated carbocycles. The molecule has 154 valence electrons. The van der Waals surface area contributed by atoms with Gasteiger partial charge in [0.1, 0.15) is 0 Å². The predicted octanol–water partition coefficient (Wildman–Crippen LogP) is 8.81. The van der Waals surface area contributed by atoms with Crippen LogP contribution in [0.25, 0.3) is 10.8 Å². The van der Waals surface area contributed by atoms with Gasteiger partial charge in [-0.15, -0.1) is 0 Å². The Bertz CT molecular complexity index is 700. The highest BCUT2D eigenvalue weighted by Crippen LogP contribution is 2.24. The molecule has 0 N–H and O–H groups in total. The van der Waals surface area contributed by atoms with E-state index in [2.05, 4.69) is 38.1 Å². The molecule has 0 aliphatic rings. The second-order valence-electron chi connectivity index (χ2n) is 8.39. The predicted molar refractivity (Wildman–Crippen MR) is 123 cm³/mol. The van der Waals surface area contributed by atoms with E-state index in [-0.39, 0.29) is 0 Å². The quantitative estimate of drug-likeness (QED) is 0.223. The van der Waals surface area contributed by atoms with Crippen molar-refractivity contribution in [3.8, 4) is 0 Å². The first-order valence-corrected chi connectivity index (χ1v) is 11.8. The second-order valence-corrected chi connectivity index (χ2v) is 8.39. The molecule has 0 amide bonds. The Morgan fingerprint density at radius 1 is 0.679 bits per heavy atom. The number of ketones is 1. The van der Waals surface area contributed by atoms with Gasteiger partial charge in [-0.1, -0.05) is 120 Å². The van der Waals surface area contributed by atoms with Crippen molar-refractivity contribution in [2.24, 2.45) is 0 Å². The summed E-state index contributed by atoms with van der Waals surface area (Å²) in [6.07, 6.45) is 18.1. The number of aryl methyl sites for hydroxylation is 1. The van der Waals surface area contributed by atoms with E-state index >= 15 is 0 Å². The minimum Gasteiger partial charge on any atom is -0.294 e. The highest BCUT2D eigenvalue weighted by molar-refractivity contribution is 6.09. The van der Waals surface area contributed by atoms with Crippen LogP contribution in [0.15, 0.2) is 36.4 Å². The van der Waals surface area contributed by atoms with Crippen LogP contribution in [0.1, 0.15) is 113 Å². The summed E-state index contributed by atoms with van der Waals surface area (Å²) < 4.78 is 0. The fourth-order valence-corrected chi connectivity index (χ4v) is 4.18. The van der Waals surface area contributed by atoms with Crippen LogP contribution in [-0.4, -0.2) is 5.78 Å². The van der Waals surface area contributed by atoms with Crippen LogP contribution in [0.2, 0.25) is 0 Å². The van der Waals surface area contributed by atoms with E-state index in [0.29, 0.717) is 12.2 Å². The molecule has 0 spiro atoms. The van der Waals surface area contributed by atoms with Crippen molar-refractivity contribution in [1.29, 1.82) is 0 Å². The third-order valence-electron chi connectivity index (χ3n) is 5.92. The topological polar surface area (TPSA) is 17.1 Å². The number of Topliss-reactive ketones (excluding diaryl/α,β-unsaturated/α-hetero) is 1. The van der Waals surface area contributed by atoms with Gasteiger partial charge in [-0.25, -0.2) is 0 Å². The zero-order valence-electron chi connectivity index (χ0n) is 18.3. The first-order valence-electron chi connectivity index (χ1n) is 11.8. The third-order valence-corrected chi connectivity index (χ3v) is 5.92. The summed E-state index contributed by atoms with van der Waals surface area (Å²) in [5, 5.41) is 2.28. The highest BCUT2D eigenvalue weighted by atomic mass is 16.1. The molecule has 0 bridgehead atoms. The van der Waals surface area contributed by atoms with Crippen LogP contribution in [0.4, 0.5) is 0 Å². The molecule has 2 aromatic carbocycles. The van der Waals surface area contributed by atoms with E-state index in [0.717, 1.165) is 22.9 Å². The lowest BCUT2D eigenvalue weighted by Gasteiger charge is -2.09. The van der Waals surface area contributed by atoms with Gasteiger partial charge in [0.05, 0.1) is 0 Å². The lowest BCUT2D eigenvalue weighted by Crippen LogP contribution is -2.03. The molecule has 0 atom stereocenters. The maximum atomic E-state index is 12.8. The Hall–Kier alpha value is -1.63. The van der Waals surface area contributed by atoms with Crippen LogP contribution in [0.5, 0.6) is 0 Å². The SMILES string of the molecule is CCCCCCCCCCCCCCCC(=O)c1c(C)ccc2ccccc12. The van der Waals surface area contributed by atoms with Gasteiger partial charge in [0.2, 0.25) is 0 Å². The molecule has 2 rings (SSSR count). The van der Waals surface area contributed by atoms with E-state index in [1.54, 1.807) is 0 Å². The summed E-state index contributed by atoms with van der Waals surface area (Å²) in [6, 6.07) is 12.4. The Labute approximate surface area is 172 Å². The number of benzene rings is 2. The summed E-state index contributed by atoms with van der Waals surface area (Å²) in [5.74, 6) is 0.317. The number of carbonyl (C=O) groups excluding carboxylic acids is 1. The number of unbranched alkanes of at least 4 members (excludes halogenated alkanes) is 12. The average Bonchev–Trinajstić information content (AvgIpc) is 2.71. The van der Waals surface area contributed by atoms with Gasteiger partial charge in [-0.05, 0) is 29.7 Å². The van der Waals surface area contributed by atoms with E-state index in [1.165, 1.54) is 82.4 Å². The van der Waals surface area contributed by atoms with Crippen LogP contribution in [0.3, 0.4) is 0 Å². The normalized spacial score (nSPS) is 11.2. The highest BCUT2D eigenvalue weighted by Gasteiger charge is 2.12. The van der Waals surface area contributed by atoms with Crippen molar-refractivity contribution >= 4 is 16.6 Å². The van der Waals surface area contributed by atoms with Crippen LogP contribution >= 0.6 is 0 Å². The van der Waals surface area contributed by atoms with Crippen molar-refractivity contribution in [1.82, 2.24) is 0 Å². The van der Waals surface area contributed by atoms with Gasteiger partial charge in [0, 0.05) is 12.0 Å². The minimum atomic E-state index is 0.317. The summed E-state index contributed by atoms with van der Waals surface area (Å²) in [4.78, 5) is 12.8. The fraction of sp³-hybridized carbons (Fsp3) is 0.593. The smallest absolute Gasteiger partial charge is 0.163 e. The zero-order valence-corrected chi connectivity index (χ0v) is 18.3. The lowest BCUT2D eigenvalue weighted by molar-refractivity contribution is 0.0980. The second kappa shape index (κ2) is 13.5. The molecule has 0 heterocycles. The maximum Gasteiger partial charge on any atom is 0.163 e. The molecule has 0 aromatic heterocycles. The summed E-state index contributed by atoms with van der Waals surface area (Å²) in [7, 11) is 0. The fourth-order valence-electron chi connectivity index (χ4n) is 4.18. The largest absolute Gasteiger partial charge is 0.294 e. The number of rotatable bonds is 15. The average molecular weight is 381 g/mol. The molecular formula is C27H40O. The molecule has 2 aromatic rings. The van der Waals surface area contributed by atoms with Gasteiger partial charge >= 0.3 is 0 Å². The van der Waals surface area contributed by atoms with Crippen molar-refractivity contribution in [2.45, 2.75) is 104 Å². The van der Waals surface area contributed by atoms with Crippen molar-refractivity contribution in [3.63, 3.8) is 0 Å². The lowest BCUT2D eigenvalue weighted by atomic mass is 9.94.